The van der Waals surface area contributed by atoms with Crippen LogP contribution in [0.15, 0.2) is 23.6 Å². The minimum Gasteiger partial charge on any atom is -0.495 e. The van der Waals surface area contributed by atoms with E-state index in [2.05, 4.69) is 11.9 Å². The van der Waals surface area contributed by atoms with Gasteiger partial charge in [0.05, 0.1) is 18.7 Å². The van der Waals surface area contributed by atoms with Crippen molar-refractivity contribution in [2.45, 2.75) is 18.7 Å². The summed E-state index contributed by atoms with van der Waals surface area (Å²) in [5, 5.41) is 2.49. The van der Waals surface area contributed by atoms with Gasteiger partial charge in [-0.05, 0) is 25.5 Å². The highest BCUT2D eigenvalue weighted by Gasteiger charge is 2.22. The van der Waals surface area contributed by atoms with Gasteiger partial charge < -0.3 is 10.1 Å². The molecule has 1 aromatic rings. The lowest BCUT2D eigenvalue weighted by atomic mass is 10.1. The third-order valence-corrected chi connectivity index (χ3v) is 4.00. The molecule has 0 aliphatic heterocycles. The van der Waals surface area contributed by atoms with Crippen LogP contribution >= 0.6 is 0 Å². The van der Waals surface area contributed by atoms with E-state index in [0.717, 1.165) is 6.07 Å². The van der Waals surface area contributed by atoms with E-state index in [1.54, 1.807) is 0 Å². The quantitative estimate of drug-likeness (QED) is 0.608. The number of ketones is 1. The summed E-state index contributed by atoms with van der Waals surface area (Å²) in [7, 11) is -3.19. The Morgan fingerprint density at radius 1 is 1.41 bits per heavy atom. The first-order valence-electron chi connectivity index (χ1n) is 6.25. The SMILES string of the molecule is C=Cc1cc(NC(=O)C(C)C(C)=O)c(OC)cc1S(=O)(=O)O. The molecule has 0 aromatic heterocycles. The molecule has 1 unspecified atom stereocenters. The molecule has 2 N–H and O–H groups in total. The molecule has 0 bridgehead atoms. The lowest BCUT2D eigenvalue weighted by molar-refractivity contribution is -0.129. The summed E-state index contributed by atoms with van der Waals surface area (Å²) in [5.74, 6) is -1.70. The van der Waals surface area contributed by atoms with E-state index in [9.17, 15) is 22.6 Å². The van der Waals surface area contributed by atoms with Crippen LogP contribution in [-0.4, -0.2) is 31.8 Å². The average molecular weight is 327 g/mol. The van der Waals surface area contributed by atoms with Crippen LogP contribution in [-0.2, 0) is 19.7 Å². The number of Topliss-reactive ketones (excluding diaryl/α,β-unsaturated/α-hetero) is 1. The summed E-state index contributed by atoms with van der Waals surface area (Å²) in [5.41, 5.74) is 0.261. The number of nitrogens with one attached hydrogen (secondary N) is 1. The van der Waals surface area contributed by atoms with E-state index in [1.165, 1.54) is 33.1 Å². The summed E-state index contributed by atoms with van der Waals surface area (Å²) in [6.07, 6.45) is 1.21. The molecule has 8 heteroatoms. The van der Waals surface area contributed by atoms with Crippen molar-refractivity contribution in [3.05, 3.63) is 24.3 Å². The molecular formula is C14H17NO6S. The number of rotatable bonds is 6. The molecule has 1 aromatic carbocycles. The van der Waals surface area contributed by atoms with Crippen LogP contribution in [0.3, 0.4) is 0 Å². The van der Waals surface area contributed by atoms with Gasteiger partial charge >= 0.3 is 0 Å². The molecular weight excluding hydrogens is 310 g/mol. The zero-order chi connectivity index (χ0) is 17.1. The lowest BCUT2D eigenvalue weighted by Crippen LogP contribution is -2.25. The van der Waals surface area contributed by atoms with Crippen LogP contribution in [0.1, 0.15) is 19.4 Å². The molecule has 0 aliphatic rings. The zero-order valence-electron chi connectivity index (χ0n) is 12.4. The molecule has 1 rings (SSSR count). The summed E-state index contributed by atoms with van der Waals surface area (Å²) in [6, 6.07) is 2.36. The van der Waals surface area contributed by atoms with Gasteiger partial charge in [-0.1, -0.05) is 12.7 Å². The topological polar surface area (TPSA) is 110 Å². The number of benzene rings is 1. The van der Waals surface area contributed by atoms with E-state index >= 15 is 0 Å². The number of ether oxygens (including phenoxy) is 1. The van der Waals surface area contributed by atoms with E-state index in [-0.39, 0.29) is 22.8 Å². The van der Waals surface area contributed by atoms with Crippen LogP contribution in [0.2, 0.25) is 0 Å². The number of carbonyl (C=O) groups excluding carboxylic acids is 2. The lowest BCUT2D eigenvalue weighted by Gasteiger charge is -2.15. The van der Waals surface area contributed by atoms with E-state index in [4.69, 9.17) is 4.74 Å². The van der Waals surface area contributed by atoms with Crippen LogP contribution in [0.25, 0.3) is 6.08 Å². The Morgan fingerprint density at radius 3 is 2.41 bits per heavy atom. The maximum absolute atomic E-state index is 11.9. The van der Waals surface area contributed by atoms with Crippen molar-refractivity contribution < 1.29 is 27.3 Å². The third-order valence-electron chi connectivity index (χ3n) is 3.09. The molecule has 1 amide bonds. The third kappa shape index (κ3) is 3.92. The van der Waals surface area contributed by atoms with E-state index < -0.39 is 26.8 Å². The maximum atomic E-state index is 11.9. The molecule has 0 aliphatic carbocycles. The van der Waals surface area contributed by atoms with Crippen LogP contribution < -0.4 is 10.1 Å². The summed E-state index contributed by atoms with van der Waals surface area (Å²) >= 11 is 0. The summed E-state index contributed by atoms with van der Waals surface area (Å²) < 4.78 is 36.9. The van der Waals surface area contributed by atoms with Crippen molar-refractivity contribution in [3.8, 4) is 5.75 Å². The summed E-state index contributed by atoms with van der Waals surface area (Å²) in [6.45, 7) is 6.20. The average Bonchev–Trinajstić information content (AvgIpc) is 2.44. The minimum atomic E-state index is -4.47. The fraction of sp³-hybridized carbons (Fsp3) is 0.286. The van der Waals surface area contributed by atoms with Gasteiger partial charge in [0.15, 0.2) is 0 Å². The first-order chi connectivity index (χ1) is 10.1. The van der Waals surface area contributed by atoms with Crippen LogP contribution in [0.4, 0.5) is 5.69 Å². The Morgan fingerprint density at radius 2 is 2.00 bits per heavy atom. The highest BCUT2D eigenvalue weighted by atomic mass is 32.2. The maximum Gasteiger partial charge on any atom is 0.295 e. The van der Waals surface area contributed by atoms with Crippen molar-refractivity contribution in [1.82, 2.24) is 0 Å². The zero-order valence-corrected chi connectivity index (χ0v) is 13.2. The van der Waals surface area contributed by atoms with Crippen molar-refractivity contribution >= 4 is 33.6 Å². The minimum absolute atomic E-state index is 0.0299. The Kier molecular flexibility index (Phi) is 5.45. The molecule has 7 nitrogen and oxygen atoms in total. The van der Waals surface area contributed by atoms with Crippen molar-refractivity contribution in [3.63, 3.8) is 0 Å². The Bertz CT molecular complexity index is 723. The van der Waals surface area contributed by atoms with Gasteiger partial charge in [-0.25, -0.2) is 0 Å². The molecule has 1 atom stereocenters. The standard InChI is InChI=1S/C14H17NO6S/c1-5-10-6-11(15-14(17)8(2)9(3)16)12(21-4)7-13(10)22(18,19)20/h5-8H,1H2,2-4H3,(H,15,17)(H,18,19,20). The van der Waals surface area contributed by atoms with Gasteiger partial charge in [0.25, 0.3) is 10.1 Å². The smallest absolute Gasteiger partial charge is 0.295 e. The Labute approximate surface area is 128 Å². The van der Waals surface area contributed by atoms with Gasteiger partial charge in [0, 0.05) is 6.07 Å². The fourth-order valence-corrected chi connectivity index (χ4v) is 2.35. The first kappa shape index (κ1) is 17.9. The molecule has 0 saturated heterocycles. The molecule has 0 heterocycles. The number of amides is 1. The van der Waals surface area contributed by atoms with Gasteiger partial charge in [0.2, 0.25) is 5.91 Å². The van der Waals surface area contributed by atoms with Crippen molar-refractivity contribution in [1.29, 1.82) is 0 Å². The molecule has 22 heavy (non-hydrogen) atoms. The molecule has 0 spiro atoms. The summed E-state index contributed by atoms with van der Waals surface area (Å²) in [4.78, 5) is 22.7. The van der Waals surface area contributed by atoms with Crippen molar-refractivity contribution in [2.75, 3.05) is 12.4 Å². The number of carbonyl (C=O) groups is 2. The second-order valence-corrected chi connectivity index (χ2v) is 5.98. The first-order valence-corrected chi connectivity index (χ1v) is 7.69. The second-order valence-electron chi connectivity index (χ2n) is 4.59. The predicted octanol–water partition coefficient (Wildman–Crippen LogP) is 1.75. The van der Waals surface area contributed by atoms with Crippen LogP contribution in [0.5, 0.6) is 5.75 Å². The number of hydrogen-bond acceptors (Lipinski definition) is 5. The highest BCUT2D eigenvalue weighted by molar-refractivity contribution is 7.86. The Hall–Kier alpha value is -2.19. The van der Waals surface area contributed by atoms with Gasteiger partial charge in [-0.3, -0.25) is 14.1 Å². The van der Waals surface area contributed by atoms with Gasteiger partial charge in [-0.15, -0.1) is 0 Å². The molecule has 120 valence electrons. The van der Waals surface area contributed by atoms with E-state index in [0.29, 0.717) is 0 Å². The molecule has 0 saturated carbocycles. The number of hydrogen-bond donors (Lipinski definition) is 2. The normalized spacial score (nSPS) is 12.4. The van der Waals surface area contributed by atoms with Crippen LogP contribution in [0, 0.1) is 5.92 Å². The van der Waals surface area contributed by atoms with Crippen molar-refractivity contribution in [2.24, 2.45) is 5.92 Å². The number of anilines is 1. The highest BCUT2D eigenvalue weighted by Crippen LogP contribution is 2.32. The van der Waals surface area contributed by atoms with E-state index in [1.807, 2.05) is 0 Å². The van der Waals surface area contributed by atoms with Gasteiger partial charge in [0.1, 0.15) is 16.4 Å². The molecule has 0 radical (unpaired) electrons. The predicted molar refractivity (Wildman–Crippen MR) is 81.4 cm³/mol. The fourth-order valence-electron chi connectivity index (χ4n) is 1.65. The Balaban J connectivity index is 3.35. The largest absolute Gasteiger partial charge is 0.495 e. The van der Waals surface area contributed by atoms with Gasteiger partial charge in [-0.2, -0.15) is 8.42 Å². The second kappa shape index (κ2) is 6.71. The monoisotopic (exact) mass is 327 g/mol. The molecule has 0 fully saturated rings. The number of methoxy groups -OCH3 is 1.